The van der Waals surface area contributed by atoms with Crippen LogP contribution in [-0.2, 0) is 14.8 Å². The number of hydrogen-bond donors (Lipinski definition) is 1. The van der Waals surface area contributed by atoms with Gasteiger partial charge in [-0.05, 0) is 69.3 Å². The summed E-state index contributed by atoms with van der Waals surface area (Å²) in [7, 11) is -3.69. The molecule has 0 saturated carbocycles. The molecule has 0 spiro atoms. The van der Waals surface area contributed by atoms with E-state index in [4.69, 9.17) is 16.3 Å². The van der Waals surface area contributed by atoms with Crippen LogP contribution < -0.4 is 14.5 Å². The quantitative estimate of drug-likeness (QED) is 0.352. The van der Waals surface area contributed by atoms with Gasteiger partial charge in [-0.2, -0.15) is 5.10 Å². The van der Waals surface area contributed by atoms with Crippen LogP contribution >= 0.6 is 11.6 Å². The van der Waals surface area contributed by atoms with E-state index in [1.54, 1.807) is 24.3 Å². The standard InChI is InChI=1S/C24H27ClN4O4S/c1-5-33-23-11-9-21(10-12-23)28(34(4,31)32)16-24(30)27-26-15-19-13-17(2)29(18(19)3)22-8-6-7-20(25)14-22/h6-15H,5,16H2,1-4H3,(H,27,30)/b26-15+. The minimum absolute atomic E-state index is 0.357. The highest BCUT2D eigenvalue weighted by Crippen LogP contribution is 2.23. The molecule has 1 N–H and O–H groups in total. The van der Waals surface area contributed by atoms with Crippen LogP contribution in [0, 0.1) is 13.8 Å². The number of benzene rings is 2. The molecule has 180 valence electrons. The lowest BCUT2D eigenvalue weighted by Crippen LogP contribution is -2.39. The predicted octanol–water partition coefficient (Wildman–Crippen LogP) is 4.06. The Bertz CT molecular complexity index is 1300. The lowest BCUT2D eigenvalue weighted by molar-refractivity contribution is -0.119. The third-order valence-corrected chi connectivity index (χ3v) is 6.43. The van der Waals surface area contributed by atoms with Gasteiger partial charge in [0.25, 0.3) is 5.91 Å². The Hall–Kier alpha value is -3.30. The molecule has 0 radical (unpaired) electrons. The third kappa shape index (κ3) is 6.18. The number of anilines is 1. The predicted molar refractivity (Wildman–Crippen MR) is 136 cm³/mol. The van der Waals surface area contributed by atoms with Crippen molar-refractivity contribution in [2.24, 2.45) is 5.10 Å². The summed E-state index contributed by atoms with van der Waals surface area (Å²) in [4.78, 5) is 12.5. The number of hydrogen-bond acceptors (Lipinski definition) is 5. The van der Waals surface area contributed by atoms with Crippen molar-refractivity contribution in [2.45, 2.75) is 20.8 Å². The second-order valence-corrected chi connectivity index (χ2v) is 9.97. The summed E-state index contributed by atoms with van der Waals surface area (Å²) in [6.45, 7) is 5.85. The first-order chi connectivity index (χ1) is 16.1. The van der Waals surface area contributed by atoms with Crippen molar-refractivity contribution in [2.75, 3.05) is 23.7 Å². The van der Waals surface area contributed by atoms with Gasteiger partial charge in [0.2, 0.25) is 10.0 Å². The summed E-state index contributed by atoms with van der Waals surface area (Å²) in [5.41, 5.74) is 6.40. The third-order valence-electron chi connectivity index (χ3n) is 5.05. The van der Waals surface area contributed by atoms with Gasteiger partial charge in [0, 0.05) is 27.7 Å². The average Bonchev–Trinajstić information content (AvgIpc) is 3.05. The molecule has 1 aromatic heterocycles. The summed E-state index contributed by atoms with van der Waals surface area (Å²) in [5, 5.41) is 4.66. The first kappa shape index (κ1) is 25.3. The summed E-state index contributed by atoms with van der Waals surface area (Å²) >= 11 is 6.12. The van der Waals surface area contributed by atoms with Gasteiger partial charge in [-0.25, -0.2) is 13.8 Å². The van der Waals surface area contributed by atoms with Gasteiger partial charge in [0.1, 0.15) is 12.3 Å². The Morgan fingerprint density at radius 3 is 2.50 bits per heavy atom. The number of sulfonamides is 1. The molecule has 0 saturated heterocycles. The summed E-state index contributed by atoms with van der Waals surface area (Å²) in [6, 6.07) is 15.9. The van der Waals surface area contributed by atoms with Crippen LogP contribution in [-0.4, -0.2) is 44.5 Å². The first-order valence-electron chi connectivity index (χ1n) is 10.6. The number of rotatable bonds is 9. The Balaban J connectivity index is 1.72. The van der Waals surface area contributed by atoms with E-state index in [0.717, 1.165) is 33.2 Å². The molecule has 3 aromatic rings. The molecule has 1 amide bonds. The second-order valence-electron chi connectivity index (χ2n) is 7.63. The molecule has 8 nitrogen and oxygen atoms in total. The molecule has 0 atom stereocenters. The number of hydrazone groups is 1. The summed E-state index contributed by atoms with van der Waals surface area (Å²) in [5.74, 6) is 0.0448. The molecule has 2 aromatic carbocycles. The number of aromatic nitrogens is 1. The number of aryl methyl sites for hydroxylation is 1. The van der Waals surface area contributed by atoms with Crippen molar-refractivity contribution in [1.29, 1.82) is 0 Å². The highest BCUT2D eigenvalue weighted by Gasteiger charge is 2.21. The van der Waals surface area contributed by atoms with Crippen LogP contribution in [0.5, 0.6) is 5.75 Å². The normalized spacial score (nSPS) is 11.6. The minimum Gasteiger partial charge on any atom is -0.494 e. The Kier molecular flexibility index (Phi) is 8.01. The van der Waals surface area contributed by atoms with Crippen LogP contribution in [0.4, 0.5) is 5.69 Å². The van der Waals surface area contributed by atoms with E-state index >= 15 is 0 Å². The van der Waals surface area contributed by atoms with Crippen LogP contribution in [0.3, 0.4) is 0 Å². The van der Waals surface area contributed by atoms with Crippen LogP contribution in [0.15, 0.2) is 59.7 Å². The monoisotopic (exact) mass is 502 g/mol. The first-order valence-corrected chi connectivity index (χ1v) is 12.8. The van der Waals surface area contributed by atoms with E-state index in [2.05, 4.69) is 10.5 Å². The van der Waals surface area contributed by atoms with Crippen molar-refractivity contribution in [3.8, 4) is 11.4 Å². The van der Waals surface area contributed by atoms with Crippen molar-refractivity contribution >= 4 is 39.4 Å². The van der Waals surface area contributed by atoms with E-state index in [0.29, 0.717) is 23.1 Å². The maximum atomic E-state index is 12.5. The SMILES string of the molecule is CCOc1ccc(N(CC(=O)N/N=C/c2cc(C)n(-c3cccc(Cl)c3)c2C)S(C)(=O)=O)cc1. The van der Waals surface area contributed by atoms with Crippen LogP contribution in [0.2, 0.25) is 5.02 Å². The number of carbonyl (C=O) groups is 1. The van der Waals surface area contributed by atoms with E-state index in [-0.39, 0.29) is 0 Å². The van der Waals surface area contributed by atoms with Crippen LogP contribution in [0.1, 0.15) is 23.9 Å². The molecular weight excluding hydrogens is 476 g/mol. The van der Waals surface area contributed by atoms with Gasteiger partial charge in [0.05, 0.1) is 24.8 Å². The molecule has 1 heterocycles. The molecule has 0 fully saturated rings. The molecule has 0 unspecified atom stereocenters. The van der Waals surface area contributed by atoms with Gasteiger partial charge in [-0.1, -0.05) is 17.7 Å². The topological polar surface area (TPSA) is 93.0 Å². The maximum absolute atomic E-state index is 12.5. The Morgan fingerprint density at radius 2 is 1.88 bits per heavy atom. The van der Waals surface area contributed by atoms with E-state index < -0.39 is 22.5 Å². The van der Waals surface area contributed by atoms with Crippen molar-refractivity contribution in [3.63, 3.8) is 0 Å². The largest absolute Gasteiger partial charge is 0.494 e. The zero-order valence-corrected chi connectivity index (χ0v) is 21.0. The fourth-order valence-electron chi connectivity index (χ4n) is 3.55. The van der Waals surface area contributed by atoms with Gasteiger partial charge < -0.3 is 9.30 Å². The molecule has 34 heavy (non-hydrogen) atoms. The second kappa shape index (κ2) is 10.8. The molecule has 0 aliphatic carbocycles. The summed E-state index contributed by atoms with van der Waals surface area (Å²) < 4.78 is 33.0. The number of nitrogens with zero attached hydrogens (tertiary/aromatic N) is 3. The number of carbonyl (C=O) groups excluding carboxylic acids is 1. The highest BCUT2D eigenvalue weighted by molar-refractivity contribution is 7.92. The molecule has 0 bridgehead atoms. The van der Waals surface area contributed by atoms with Crippen molar-refractivity contribution < 1.29 is 17.9 Å². The molecule has 10 heteroatoms. The zero-order valence-electron chi connectivity index (χ0n) is 19.4. The molecule has 3 rings (SSSR count). The number of halogens is 1. The Morgan fingerprint density at radius 1 is 1.18 bits per heavy atom. The number of nitrogens with one attached hydrogen (secondary N) is 1. The van der Waals surface area contributed by atoms with Crippen LogP contribution in [0.25, 0.3) is 5.69 Å². The smallest absolute Gasteiger partial charge is 0.260 e. The molecule has 0 aliphatic rings. The van der Waals surface area contributed by atoms with Gasteiger partial charge in [-0.15, -0.1) is 0 Å². The Labute approximate surface area is 204 Å². The number of ether oxygens (including phenoxy) is 1. The van der Waals surface area contributed by atoms with E-state index in [1.165, 1.54) is 6.21 Å². The highest BCUT2D eigenvalue weighted by atomic mass is 35.5. The zero-order chi connectivity index (χ0) is 24.9. The van der Waals surface area contributed by atoms with Gasteiger partial charge in [-0.3, -0.25) is 9.10 Å². The van der Waals surface area contributed by atoms with Gasteiger partial charge >= 0.3 is 0 Å². The molecular formula is C24H27ClN4O4S. The fourth-order valence-corrected chi connectivity index (χ4v) is 4.59. The maximum Gasteiger partial charge on any atom is 0.260 e. The van der Waals surface area contributed by atoms with E-state index in [9.17, 15) is 13.2 Å². The van der Waals surface area contributed by atoms with Crippen molar-refractivity contribution in [3.05, 3.63) is 76.6 Å². The average molecular weight is 503 g/mol. The lowest BCUT2D eigenvalue weighted by atomic mass is 10.2. The summed E-state index contributed by atoms with van der Waals surface area (Å²) in [6.07, 6.45) is 2.58. The van der Waals surface area contributed by atoms with Crippen molar-refractivity contribution in [1.82, 2.24) is 9.99 Å². The van der Waals surface area contributed by atoms with E-state index in [1.807, 2.05) is 55.7 Å². The molecule has 0 aliphatic heterocycles. The fraction of sp³-hybridized carbons (Fsp3) is 0.250. The number of amides is 1. The lowest BCUT2D eigenvalue weighted by Gasteiger charge is -2.21. The van der Waals surface area contributed by atoms with Gasteiger partial charge in [0.15, 0.2) is 0 Å². The minimum atomic E-state index is -3.69.